The van der Waals surface area contributed by atoms with E-state index in [1.807, 2.05) is 18.2 Å². The number of thioether (sulfide) groups is 1. The summed E-state index contributed by atoms with van der Waals surface area (Å²) in [5, 5.41) is 2.22. The fraction of sp³-hybridized carbons (Fsp3) is 0.238. The van der Waals surface area contributed by atoms with Crippen LogP contribution in [-0.4, -0.2) is 11.9 Å². The lowest BCUT2D eigenvalue weighted by Gasteiger charge is -2.25. The minimum atomic E-state index is -4.31. The lowest BCUT2D eigenvalue weighted by atomic mass is 9.96. The average Bonchev–Trinajstić information content (AvgIpc) is 3.05. The summed E-state index contributed by atoms with van der Waals surface area (Å²) in [7, 11) is 0. The van der Waals surface area contributed by atoms with Gasteiger partial charge in [0.2, 0.25) is 0 Å². The van der Waals surface area contributed by atoms with Crippen molar-refractivity contribution < 1.29 is 13.2 Å². The van der Waals surface area contributed by atoms with Crippen molar-refractivity contribution in [2.75, 3.05) is 10.8 Å². The maximum absolute atomic E-state index is 12.9. The highest BCUT2D eigenvalue weighted by Crippen LogP contribution is 2.47. The van der Waals surface area contributed by atoms with E-state index in [4.69, 9.17) is 0 Å². The van der Waals surface area contributed by atoms with Crippen LogP contribution in [0.4, 0.5) is 18.9 Å². The van der Waals surface area contributed by atoms with Crippen LogP contribution in [-0.2, 0) is 6.18 Å². The minimum absolute atomic E-state index is 0.393. The van der Waals surface area contributed by atoms with Crippen LogP contribution in [0.15, 0.2) is 59.5 Å². The summed E-state index contributed by atoms with van der Waals surface area (Å²) in [4.78, 5) is 3.56. The Morgan fingerprint density at radius 3 is 2.23 bits per heavy atom. The molecule has 3 aromatic carbocycles. The molecule has 0 aromatic heterocycles. The zero-order chi connectivity index (χ0) is 18.5. The van der Waals surface area contributed by atoms with Crippen LogP contribution in [0.1, 0.15) is 19.4 Å². The lowest BCUT2D eigenvalue weighted by molar-refractivity contribution is -0.137. The van der Waals surface area contributed by atoms with Crippen molar-refractivity contribution in [3.8, 4) is 11.1 Å². The SMILES string of the molecule is CC(C)N1CSc2cc(-c3ccc(C(F)(F)F)cc3)c3ccccc3c21. The van der Waals surface area contributed by atoms with E-state index in [1.165, 1.54) is 10.6 Å². The largest absolute Gasteiger partial charge is 0.416 e. The van der Waals surface area contributed by atoms with Crippen LogP contribution in [0.5, 0.6) is 0 Å². The molecule has 0 amide bonds. The molecule has 0 fully saturated rings. The summed E-state index contributed by atoms with van der Waals surface area (Å²) in [5.41, 5.74) is 2.40. The molecule has 0 unspecified atom stereocenters. The second-order valence-electron chi connectivity index (χ2n) is 6.73. The number of hydrogen-bond acceptors (Lipinski definition) is 2. The Hall–Kier alpha value is -2.14. The van der Waals surface area contributed by atoms with Gasteiger partial charge in [-0.05, 0) is 48.6 Å². The van der Waals surface area contributed by atoms with E-state index in [2.05, 4.69) is 30.9 Å². The highest BCUT2D eigenvalue weighted by atomic mass is 32.2. The number of anilines is 1. The van der Waals surface area contributed by atoms with Crippen LogP contribution in [0, 0.1) is 0 Å². The van der Waals surface area contributed by atoms with E-state index in [0.29, 0.717) is 6.04 Å². The molecular weight excluding hydrogens is 355 g/mol. The maximum atomic E-state index is 12.9. The van der Waals surface area contributed by atoms with Crippen molar-refractivity contribution in [2.24, 2.45) is 0 Å². The van der Waals surface area contributed by atoms with Crippen LogP contribution >= 0.6 is 11.8 Å². The third kappa shape index (κ3) is 2.84. The van der Waals surface area contributed by atoms with Crippen LogP contribution in [0.25, 0.3) is 21.9 Å². The molecule has 0 bridgehead atoms. The zero-order valence-electron chi connectivity index (χ0n) is 14.5. The molecule has 1 aliphatic heterocycles. The molecule has 0 atom stereocenters. The molecule has 0 saturated carbocycles. The molecule has 1 aliphatic rings. The summed E-state index contributed by atoms with van der Waals surface area (Å²) in [6, 6.07) is 16.1. The van der Waals surface area contributed by atoms with Gasteiger partial charge in [0.25, 0.3) is 0 Å². The van der Waals surface area contributed by atoms with E-state index in [-0.39, 0.29) is 0 Å². The fourth-order valence-corrected chi connectivity index (χ4v) is 4.70. The third-order valence-corrected chi connectivity index (χ3v) is 5.80. The highest BCUT2D eigenvalue weighted by molar-refractivity contribution is 7.99. The lowest BCUT2D eigenvalue weighted by Crippen LogP contribution is -2.27. The monoisotopic (exact) mass is 373 g/mol. The first-order valence-electron chi connectivity index (χ1n) is 8.49. The number of nitrogens with zero attached hydrogens (tertiary/aromatic N) is 1. The van der Waals surface area contributed by atoms with E-state index in [0.717, 1.165) is 39.9 Å². The van der Waals surface area contributed by atoms with Gasteiger partial charge in [0.15, 0.2) is 0 Å². The summed E-state index contributed by atoms with van der Waals surface area (Å²) in [6.07, 6.45) is -4.31. The number of alkyl halides is 3. The van der Waals surface area contributed by atoms with Gasteiger partial charge >= 0.3 is 6.18 Å². The molecule has 26 heavy (non-hydrogen) atoms. The quantitative estimate of drug-likeness (QED) is 0.486. The number of hydrogen-bond donors (Lipinski definition) is 0. The van der Waals surface area contributed by atoms with Crippen LogP contribution < -0.4 is 4.90 Å². The van der Waals surface area contributed by atoms with Crippen LogP contribution in [0.3, 0.4) is 0 Å². The van der Waals surface area contributed by atoms with Gasteiger partial charge < -0.3 is 4.90 Å². The van der Waals surface area contributed by atoms with E-state index in [1.54, 1.807) is 23.9 Å². The Balaban J connectivity index is 1.90. The predicted octanol–water partition coefficient (Wildman–Crippen LogP) is 6.80. The van der Waals surface area contributed by atoms with Crippen molar-refractivity contribution in [3.63, 3.8) is 0 Å². The van der Waals surface area contributed by atoms with E-state index in [9.17, 15) is 13.2 Å². The van der Waals surface area contributed by atoms with Gasteiger partial charge in [-0.25, -0.2) is 0 Å². The molecule has 1 heterocycles. The first kappa shape index (κ1) is 17.3. The Labute approximate surface area is 154 Å². The van der Waals surface area contributed by atoms with Crippen molar-refractivity contribution in [2.45, 2.75) is 31.0 Å². The first-order chi connectivity index (χ1) is 12.4. The number of halogens is 3. The van der Waals surface area contributed by atoms with Crippen molar-refractivity contribution in [1.29, 1.82) is 0 Å². The van der Waals surface area contributed by atoms with Gasteiger partial charge in [-0.3, -0.25) is 0 Å². The van der Waals surface area contributed by atoms with Gasteiger partial charge in [0.05, 0.1) is 17.1 Å². The fourth-order valence-electron chi connectivity index (χ4n) is 3.43. The molecule has 0 radical (unpaired) electrons. The van der Waals surface area contributed by atoms with E-state index < -0.39 is 11.7 Å². The van der Waals surface area contributed by atoms with Gasteiger partial charge in [-0.1, -0.05) is 36.4 Å². The average molecular weight is 373 g/mol. The Morgan fingerprint density at radius 1 is 0.962 bits per heavy atom. The second-order valence-corrected chi connectivity index (χ2v) is 7.72. The van der Waals surface area contributed by atoms with E-state index >= 15 is 0 Å². The summed E-state index contributed by atoms with van der Waals surface area (Å²) in [5.74, 6) is 0.896. The Kier molecular flexibility index (Phi) is 4.14. The number of fused-ring (bicyclic) bond motifs is 3. The predicted molar refractivity (Wildman–Crippen MR) is 103 cm³/mol. The molecule has 0 spiro atoms. The molecule has 0 N–H and O–H groups in total. The molecule has 0 aliphatic carbocycles. The molecule has 0 saturated heterocycles. The first-order valence-corrected chi connectivity index (χ1v) is 9.47. The molecule has 5 heteroatoms. The standard InChI is InChI=1S/C21H18F3NS/c1-13(2)25-12-26-19-11-18(16-5-3-4-6-17(16)20(19)25)14-7-9-15(10-8-14)21(22,23)24/h3-11,13H,12H2,1-2H3. The molecule has 4 rings (SSSR count). The highest BCUT2D eigenvalue weighted by Gasteiger charge is 2.30. The normalized spacial score (nSPS) is 14.3. The minimum Gasteiger partial charge on any atom is -0.358 e. The smallest absolute Gasteiger partial charge is 0.358 e. The van der Waals surface area contributed by atoms with Crippen molar-refractivity contribution in [1.82, 2.24) is 0 Å². The molecule has 134 valence electrons. The number of rotatable bonds is 2. The summed E-state index contributed by atoms with van der Waals surface area (Å²) < 4.78 is 38.6. The zero-order valence-corrected chi connectivity index (χ0v) is 15.3. The summed E-state index contributed by atoms with van der Waals surface area (Å²) >= 11 is 1.78. The van der Waals surface area contributed by atoms with Gasteiger partial charge in [0.1, 0.15) is 0 Å². The third-order valence-electron chi connectivity index (χ3n) is 4.77. The van der Waals surface area contributed by atoms with Gasteiger partial charge in [0, 0.05) is 16.3 Å². The second kappa shape index (κ2) is 6.23. The molecule has 3 aromatic rings. The molecule has 1 nitrogen and oxygen atoms in total. The molecular formula is C21H18F3NS. The topological polar surface area (TPSA) is 3.24 Å². The number of benzene rings is 3. The maximum Gasteiger partial charge on any atom is 0.416 e. The van der Waals surface area contributed by atoms with Gasteiger partial charge in [-0.15, -0.1) is 11.8 Å². The van der Waals surface area contributed by atoms with Crippen LogP contribution in [0.2, 0.25) is 0 Å². The Morgan fingerprint density at radius 2 is 1.62 bits per heavy atom. The van der Waals surface area contributed by atoms with Crippen molar-refractivity contribution in [3.05, 3.63) is 60.2 Å². The van der Waals surface area contributed by atoms with Crippen molar-refractivity contribution >= 4 is 28.2 Å². The Bertz CT molecular complexity index is 961. The van der Waals surface area contributed by atoms with Gasteiger partial charge in [-0.2, -0.15) is 13.2 Å². The summed E-state index contributed by atoms with van der Waals surface area (Å²) in [6.45, 7) is 4.35.